The summed E-state index contributed by atoms with van der Waals surface area (Å²) in [6.07, 6.45) is 6.44. The number of hydrogen-bond acceptors (Lipinski definition) is 9. The van der Waals surface area contributed by atoms with Gasteiger partial charge in [0, 0.05) is 92.0 Å². The van der Waals surface area contributed by atoms with E-state index in [0.717, 1.165) is 23.4 Å². The molecule has 5 rings (SSSR count). The van der Waals surface area contributed by atoms with Gasteiger partial charge in [-0.25, -0.2) is 0 Å². The summed E-state index contributed by atoms with van der Waals surface area (Å²) in [6, 6.07) is 9.56. The molecule has 0 saturated carbocycles. The Bertz CT molecular complexity index is 2450. The van der Waals surface area contributed by atoms with Crippen molar-refractivity contribution in [2.75, 3.05) is 60.5 Å². The minimum absolute atomic E-state index is 0.00601. The molecular weight excluding hydrogens is 884 g/mol. The first-order valence-electron chi connectivity index (χ1n) is 19.7. The van der Waals surface area contributed by atoms with E-state index < -0.39 is 29.5 Å². The molecule has 0 aliphatic heterocycles. The second-order valence-corrected chi connectivity index (χ2v) is 16.8. The Labute approximate surface area is 370 Å². The molecule has 5 heterocycles. The topological polar surface area (TPSA) is 227 Å². The van der Waals surface area contributed by atoms with Gasteiger partial charge < -0.3 is 60.4 Å². The van der Waals surface area contributed by atoms with E-state index in [1.165, 1.54) is 29.5 Å². The molecular formula is C41H51BrN12O7S. The zero-order chi connectivity index (χ0) is 45.1. The first-order valence-corrected chi connectivity index (χ1v) is 21.4. The largest absolute Gasteiger partial charge is 0.355 e. The summed E-state index contributed by atoms with van der Waals surface area (Å²) in [5.74, 6) is -2.64. The summed E-state index contributed by atoms with van der Waals surface area (Å²) < 4.78 is 7.05. The smallest absolute Gasteiger partial charge is 0.272 e. The van der Waals surface area contributed by atoms with Crippen LogP contribution in [0.15, 0.2) is 65.0 Å². The Kier molecular flexibility index (Phi) is 16.1. The summed E-state index contributed by atoms with van der Waals surface area (Å²) in [6.45, 7) is 7.38. The normalized spacial score (nSPS) is 11.0. The molecule has 5 aromatic heterocycles. The summed E-state index contributed by atoms with van der Waals surface area (Å²) in [4.78, 5) is 92.4. The number of halogens is 1. The fourth-order valence-corrected chi connectivity index (χ4v) is 7.70. The maximum Gasteiger partial charge on any atom is 0.272 e. The number of thiophene rings is 1. The third kappa shape index (κ3) is 12.6. The van der Waals surface area contributed by atoms with Crippen molar-refractivity contribution in [2.24, 2.45) is 28.2 Å². The fraction of sp³-hybridized carbons (Fsp3) is 0.341. The molecule has 0 bridgehead atoms. The van der Waals surface area contributed by atoms with E-state index in [0.29, 0.717) is 39.9 Å². The van der Waals surface area contributed by atoms with Crippen LogP contribution in [0.2, 0.25) is 0 Å². The molecule has 0 saturated heterocycles. The van der Waals surface area contributed by atoms with Gasteiger partial charge in [0.05, 0.1) is 31.4 Å². The summed E-state index contributed by atoms with van der Waals surface area (Å²) in [7, 11) is 6.64. The molecule has 7 N–H and O–H groups in total. The highest BCUT2D eigenvalue weighted by Gasteiger charge is 2.20. The van der Waals surface area contributed by atoms with E-state index in [9.17, 15) is 33.6 Å². The number of hydrogen-bond donors (Lipinski definition) is 7. The average Bonchev–Trinajstić information content (AvgIpc) is 4.05. The summed E-state index contributed by atoms with van der Waals surface area (Å²) in [5, 5.41) is 19.4. The van der Waals surface area contributed by atoms with Crippen LogP contribution in [0, 0.1) is 0 Å². The molecule has 0 radical (unpaired) electrons. The van der Waals surface area contributed by atoms with Crippen LogP contribution in [0.25, 0.3) is 0 Å². The molecule has 0 fully saturated rings. The lowest BCUT2D eigenvalue weighted by molar-refractivity contribution is -0.121. The van der Waals surface area contributed by atoms with Crippen molar-refractivity contribution in [2.45, 2.75) is 26.7 Å². The van der Waals surface area contributed by atoms with E-state index in [1.54, 1.807) is 89.4 Å². The molecule has 330 valence electrons. The lowest BCUT2D eigenvalue weighted by atomic mass is 10.3. The number of nitrogens with zero attached hydrogens (tertiary/aromatic N) is 5. The van der Waals surface area contributed by atoms with E-state index in [2.05, 4.69) is 71.9 Å². The number of anilines is 4. The van der Waals surface area contributed by atoms with Crippen LogP contribution in [0.4, 0.5) is 22.7 Å². The maximum absolute atomic E-state index is 13.2. The molecule has 0 aromatic carbocycles. The number of aromatic nitrogens is 4. The average molecular weight is 936 g/mol. The van der Waals surface area contributed by atoms with Crippen LogP contribution >= 0.6 is 27.3 Å². The van der Waals surface area contributed by atoms with Gasteiger partial charge in [-0.15, -0.1) is 11.3 Å². The quantitative estimate of drug-likeness (QED) is 0.0604. The first-order chi connectivity index (χ1) is 29.5. The second-order valence-electron chi connectivity index (χ2n) is 14.3. The SMILES string of the molecule is CCN(CC)CCNC(=O)CCNC(=O)c1cc(NC(=O)c2cc(NC(=O)CCNC(=O)c3cc(NC(=O)c4cc(NC(=O)c5ccc(Br)s5)cn4C)cn3C)cn2C)cn1C. The van der Waals surface area contributed by atoms with Gasteiger partial charge in [-0.05, 0) is 65.4 Å². The molecule has 0 atom stereocenters. The fourth-order valence-electron chi connectivity index (χ4n) is 6.42. The first kappa shape index (κ1) is 46.6. The highest BCUT2D eigenvalue weighted by atomic mass is 79.9. The number of nitrogens with one attached hydrogen (secondary N) is 7. The maximum atomic E-state index is 13.2. The molecule has 21 heteroatoms. The van der Waals surface area contributed by atoms with Crippen molar-refractivity contribution in [1.29, 1.82) is 0 Å². The van der Waals surface area contributed by atoms with Crippen molar-refractivity contribution in [3.05, 3.63) is 92.6 Å². The standard InChI is InChI=1S/C41H51BrN12O7S/c1-7-54(8-2)16-15-43-35(55)11-13-44-37(57)29-18-26(22-50(29)3)47-39(59)31-17-25(21-52(31)5)46-36(56)12-14-45-38(58)30-19-27(23-51(30)4)48-40(60)32-20-28(24-53(32)6)49-41(61)33-9-10-34(42)62-33/h9-10,17-24H,7-8,11-16H2,1-6H3,(H,43,55)(H,44,57)(H,45,58)(H,46,56)(H,47,59)(H,48,60)(H,49,61). The monoisotopic (exact) mass is 934 g/mol. The Morgan fingerprint density at radius 2 is 0.935 bits per heavy atom. The van der Waals surface area contributed by atoms with Gasteiger partial charge in [-0.1, -0.05) is 13.8 Å². The van der Waals surface area contributed by atoms with E-state index >= 15 is 0 Å². The highest BCUT2D eigenvalue weighted by molar-refractivity contribution is 9.11. The third-order valence-electron chi connectivity index (χ3n) is 9.72. The van der Waals surface area contributed by atoms with Gasteiger partial charge in [0.15, 0.2) is 0 Å². The van der Waals surface area contributed by atoms with Crippen molar-refractivity contribution in [3.8, 4) is 0 Å². The Hall–Kier alpha value is -6.45. The zero-order valence-corrected chi connectivity index (χ0v) is 37.7. The van der Waals surface area contributed by atoms with Crippen LogP contribution in [0.1, 0.15) is 78.3 Å². The molecule has 5 aromatic rings. The minimum atomic E-state index is -0.474. The van der Waals surface area contributed by atoms with Crippen LogP contribution < -0.4 is 37.2 Å². The van der Waals surface area contributed by atoms with Crippen molar-refractivity contribution >= 4 is 91.4 Å². The lowest BCUT2D eigenvalue weighted by Crippen LogP contribution is -2.36. The van der Waals surface area contributed by atoms with Gasteiger partial charge in [0.2, 0.25) is 11.8 Å². The highest BCUT2D eigenvalue weighted by Crippen LogP contribution is 2.24. The van der Waals surface area contributed by atoms with Gasteiger partial charge >= 0.3 is 0 Å². The lowest BCUT2D eigenvalue weighted by Gasteiger charge is -2.17. The number of amides is 7. The molecule has 0 aliphatic rings. The van der Waals surface area contributed by atoms with Crippen molar-refractivity contribution < 1.29 is 33.6 Å². The van der Waals surface area contributed by atoms with E-state index in [-0.39, 0.29) is 54.8 Å². The molecule has 7 amide bonds. The predicted octanol–water partition coefficient (Wildman–Crippen LogP) is 3.96. The molecule has 19 nitrogen and oxygen atoms in total. The van der Waals surface area contributed by atoms with Gasteiger partial charge in [0.1, 0.15) is 22.8 Å². The van der Waals surface area contributed by atoms with Crippen LogP contribution in [-0.2, 0) is 37.8 Å². The molecule has 0 unspecified atom stereocenters. The minimum Gasteiger partial charge on any atom is -0.355 e. The number of rotatable bonds is 20. The second kappa shape index (κ2) is 21.4. The third-order valence-corrected chi connectivity index (χ3v) is 11.3. The van der Waals surface area contributed by atoms with Crippen LogP contribution in [0.5, 0.6) is 0 Å². The summed E-state index contributed by atoms with van der Waals surface area (Å²) >= 11 is 4.63. The molecule has 0 spiro atoms. The predicted molar refractivity (Wildman–Crippen MR) is 241 cm³/mol. The Morgan fingerprint density at radius 3 is 1.35 bits per heavy atom. The van der Waals surface area contributed by atoms with Crippen molar-refractivity contribution in [3.63, 3.8) is 0 Å². The van der Waals surface area contributed by atoms with Gasteiger partial charge in [-0.3, -0.25) is 33.6 Å². The number of carbonyl (C=O) groups excluding carboxylic acids is 7. The zero-order valence-electron chi connectivity index (χ0n) is 35.3. The van der Waals surface area contributed by atoms with Gasteiger partial charge in [-0.2, -0.15) is 0 Å². The van der Waals surface area contributed by atoms with Gasteiger partial charge in [0.25, 0.3) is 29.5 Å². The molecule has 0 aliphatic carbocycles. The van der Waals surface area contributed by atoms with E-state index in [4.69, 9.17) is 0 Å². The Balaban J connectivity index is 1.04. The Morgan fingerprint density at radius 1 is 0.532 bits per heavy atom. The van der Waals surface area contributed by atoms with Crippen LogP contribution in [-0.4, -0.2) is 104 Å². The van der Waals surface area contributed by atoms with E-state index in [1.807, 2.05) is 0 Å². The number of likely N-dealkylation sites (N-methyl/N-ethyl adjacent to an activating group) is 1. The van der Waals surface area contributed by atoms with Crippen LogP contribution in [0.3, 0.4) is 0 Å². The molecule has 62 heavy (non-hydrogen) atoms. The van der Waals surface area contributed by atoms with Crippen molar-refractivity contribution in [1.82, 2.24) is 39.1 Å². The number of aryl methyl sites for hydroxylation is 4. The number of carbonyl (C=O) groups is 7. The summed E-state index contributed by atoms with van der Waals surface area (Å²) in [5.41, 5.74) is 2.61.